The summed E-state index contributed by atoms with van der Waals surface area (Å²) < 4.78 is 1.05. The van der Waals surface area contributed by atoms with Crippen molar-refractivity contribution < 1.29 is 4.79 Å². The molecule has 0 saturated carbocycles. The predicted molar refractivity (Wildman–Crippen MR) is 79.4 cm³/mol. The quantitative estimate of drug-likeness (QED) is 0.884. The van der Waals surface area contributed by atoms with E-state index in [1.165, 1.54) is 5.56 Å². The summed E-state index contributed by atoms with van der Waals surface area (Å²) >= 11 is 3.43. The van der Waals surface area contributed by atoms with E-state index in [2.05, 4.69) is 33.0 Å². The second kappa shape index (κ2) is 5.61. The van der Waals surface area contributed by atoms with Gasteiger partial charge in [-0.1, -0.05) is 28.1 Å². The Morgan fingerprint density at radius 1 is 1.47 bits per heavy atom. The van der Waals surface area contributed by atoms with Crippen LogP contribution in [-0.4, -0.2) is 30.4 Å². The molecule has 0 bridgehead atoms. The summed E-state index contributed by atoms with van der Waals surface area (Å²) in [4.78, 5) is 13.8. The van der Waals surface area contributed by atoms with E-state index in [1.54, 1.807) is 0 Å². The van der Waals surface area contributed by atoms with Crippen LogP contribution >= 0.6 is 15.9 Å². The topological polar surface area (TPSA) is 72.4 Å². The van der Waals surface area contributed by atoms with Gasteiger partial charge >= 0.3 is 0 Å². The van der Waals surface area contributed by atoms with Crippen LogP contribution in [0, 0.1) is 5.41 Å². The second-order valence-corrected chi connectivity index (χ2v) is 6.36. The summed E-state index contributed by atoms with van der Waals surface area (Å²) in [7, 11) is 0. The molecule has 1 aliphatic heterocycles. The first-order valence-corrected chi connectivity index (χ1v) is 7.25. The van der Waals surface area contributed by atoms with Gasteiger partial charge in [0.1, 0.15) is 0 Å². The smallest absolute Gasteiger partial charge is 0.224 e. The van der Waals surface area contributed by atoms with Crippen molar-refractivity contribution in [3.63, 3.8) is 0 Å². The first-order chi connectivity index (χ1) is 8.96. The third kappa shape index (κ3) is 2.99. The number of halogens is 1. The van der Waals surface area contributed by atoms with E-state index in [0.717, 1.165) is 17.4 Å². The van der Waals surface area contributed by atoms with Crippen LogP contribution in [-0.2, 0) is 4.79 Å². The monoisotopic (exact) mass is 325 g/mol. The van der Waals surface area contributed by atoms with E-state index in [1.807, 2.05) is 19.1 Å². The number of nitrogens with two attached hydrogens (primary N) is 2. The molecule has 0 aromatic heterocycles. The number of primary amides is 1. The number of benzene rings is 1. The molecule has 1 heterocycles. The summed E-state index contributed by atoms with van der Waals surface area (Å²) in [6, 6.07) is 8.32. The van der Waals surface area contributed by atoms with Crippen LogP contribution in [0.25, 0.3) is 0 Å². The first-order valence-electron chi connectivity index (χ1n) is 6.46. The minimum atomic E-state index is -0.428. The van der Waals surface area contributed by atoms with E-state index in [4.69, 9.17) is 11.5 Å². The molecule has 2 atom stereocenters. The highest BCUT2D eigenvalue weighted by Crippen LogP contribution is 2.34. The molecule has 1 aliphatic rings. The Bertz CT molecular complexity index is 462. The molecule has 0 spiro atoms. The Kier molecular flexibility index (Phi) is 4.28. The number of carbonyl (C=O) groups is 1. The van der Waals surface area contributed by atoms with Gasteiger partial charge in [0.05, 0.1) is 5.41 Å². The zero-order valence-electron chi connectivity index (χ0n) is 11.1. The number of carbonyl (C=O) groups excluding carboxylic acids is 1. The van der Waals surface area contributed by atoms with E-state index in [9.17, 15) is 4.79 Å². The van der Waals surface area contributed by atoms with Crippen molar-refractivity contribution in [2.45, 2.75) is 19.4 Å². The van der Waals surface area contributed by atoms with E-state index in [0.29, 0.717) is 13.1 Å². The predicted octanol–water partition coefficient (Wildman–Crippen LogP) is 1.65. The molecule has 104 valence electrons. The molecular formula is C14H20BrN3O. The van der Waals surface area contributed by atoms with Crippen LogP contribution in [0.3, 0.4) is 0 Å². The molecule has 4 nitrogen and oxygen atoms in total. The highest BCUT2D eigenvalue weighted by Gasteiger charge is 2.41. The highest BCUT2D eigenvalue weighted by molar-refractivity contribution is 9.10. The molecule has 1 fully saturated rings. The van der Waals surface area contributed by atoms with Crippen molar-refractivity contribution in [1.82, 2.24) is 4.90 Å². The molecule has 1 saturated heterocycles. The fourth-order valence-electron chi connectivity index (χ4n) is 2.64. The number of hydrogen-bond donors (Lipinski definition) is 2. The summed E-state index contributed by atoms with van der Waals surface area (Å²) in [6.07, 6.45) is 0.801. The molecule has 5 heteroatoms. The minimum absolute atomic E-state index is 0.147. The van der Waals surface area contributed by atoms with Crippen molar-refractivity contribution in [2.24, 2.45) is 16.9 Å². The maximum atomic E-state index is 11.5. The first kappa shape index (κ1) is 14.5. The lowest BCUT2D eigenvalue weighted by atomic mass is 9.89. The molecule has 0 radical (unpaired) electrons. The van der Waals surface area contributed by atoms with Gasteiger partial charge in [-0.3, -0.25) is 9.69 Å². The molecular weight excluding hydrogens is 306 g/mol. The fourth-order valence-corrected chi connectivity index (χ4v) is 2.91. The van der Waals surface area contributed by atoms with Crippen LogP contribution in [0.5, 0.6) is 0 Å². The summed E-state index contributed by atoms with van der Waals surface area (Å²) in [6.45, 7) is 4.01. The fraction of sp³-hybridized carbons (Fsp3) is 0.500. The molecule has 19 heavy (non-hydrogen) atoms. The lowest BCUT2D eigenvalue weighted by Gasteiger charge is -2.28. The Labute approximate surface area is 122 Å². The average Bonchev–Trinajstić information content (AvgIpc) is 2.77. The number of nitrogens with zero attached hydrogens (tertiary/aromatic N) is 1. The second-order valence-electron chi connectivity index (χ2n) is 5.45. The van der Waals surface area contributed by atoms with Gasteiger partial charge < -0.3 is 11.5 Å². The Balaban J connectivity index is 2.16. The Morgan fingerprint density at radius 3 is 2.58 bits per heavy atom. The maximum absolute atomic E-state index is 11.5. The number of amides is 1. The maximum Gasteiger partial charge on any atom is 0.224 e. The van der Waals surface area contributed by atoms with Gasteiger partial charge in [-0.15, -0.1) is 0 Å². The molecule has 0 aliphatic carbocycles. The lowest BCUT2D eigenvalue weighted by molar-refractivity contribution is -0.126. The van der Waals surface area contributed by atoms with E-state index < -0.39 is 5.41 Å². The zero-order valence-corrected chi connectivity index (χ0v) is 12.7. The molecule has 1 aromatic rings. The third-order valence-corrected chi connectivity index (χ3v) is 4.55. The molecule has 1 aromatic carbocycles. The van der Waals surface area contributed by atoms with Gasteiger partial charge in [-0.25, -0.2) is 0 Å². The summed E-state index contributed by atoms with van der Waals surface area (Å²) in [5.41, 5.74) is 12.2. The Hall–Kier alpha value is -0.910. The largest absolute Gasteiger partial charge is 0.369 e. The number of rotatable bonds is 4. The van der Waals surface area contributed by atoms with Crippen LogP contribution in [0.15, 0.2) is 28.7 Å². The molecule has 2 unspecified atom stereocenters. The van der Waals surface area contributed by atoms with Crippen LogP contribution in [0.2, 0.25) is 0 Å². The van der Waals surface area contributed by atoms with Crippen molar-refractivity contribution in [3.05, 3.63) is 34.3 Å². The zero-order chi connectivity index (χ0) is 14.0. The van der Waals surface area contributed by atoms with Gasteiger partial charge in [-0.05, 0) is 37.6 Å². The van der Waals surface area contributed by atoms with Gasteiger partial charge in [-0.2, -0.15) is 0 Å². The normalized spacial score (nSPS) is 25.4. The standard InChI is InChI=1S/C14H20BrN3O/c1-14(13(17)19)6-7-18(9-14)12(8-16)10-2-4-11(15)5-3-10/h2-5,12H,6-9,16H2,1H3,(H2,17,19). The Morgan fingerprint density at radius 2 is 2.11 bits per heavy atom. The average molecular weight is 326 g/mol. The molecule has 1 amide bonds. The number of hydrogen-bond acceptors (Lipinski definition) is 3. The van der Waals surface area contributed by atoms with Gasteiger partial charge in [0.15, 0.2) is 0 Å². The van der Waals surface area contributed by atoms with Crippen LogP contribution < -0.4 is 11.5 Å². The van der Waals surface area contributed by atoms with Gasteiger partial charge in [0, 0.05) is 23.6 Å². The van der Waals surface area contributed by atoms with Gasteiger partial charge in [0.25, 0.3) is 0 Å². The van der Waals surface area contributed by atoms with Crippen LogP contribution in [0.4, 0.5) is 0 Å². The SMILES string of the molecule is CC1(C(N)=O)CCN(C(CN)c2ccc(Br)cc2)C1. The summed E-state index contributed by atoms with van der Waals surface area (Å²) in [5.74, 6) is -0.221. The van der Waals surface area contributed by atoms with Crippen molar-refractivity contribution in [3.8, 4) is 0 Å². The summed E-state index contributed by atoms with van der Waals surface area (Å²) in [5, 5.41) is 0. The third-order valence-electron chi connectivity index (χ3n) is 4.02. The van der Waals surface area contributed by atoms with Crippen molar-refractivity contribution in [2.75, 3.05) is 19.6 Å². The van der Waals surface area contributed by atoms with Crippen molar-refractivity contribution >= 4 is 21.8 Å². The van der Waals surface area contributed by atoms with Crippen LogP contribution in [0.1, 0.15) is 24.9 Å². The molecule has 4 N–H and O–H groups in total. The minimum Gasteiger partial charge on any atom is -0.369 e. The van der Waals surface area contributed by atoms with E-state index >= 15 is 0 Å². The number of likely N-dealkylation sites (tertiary alicyclic amines) is 1. The van der Waals surface area contributed by atoms with E-state index in [-0.39, 0.29) is 11.9 Å². The van der Waals surface area contributed by atoms with Gasteiger partial charge in [0.2, 0.25) is 5.91 Å². The lowest BCUT2D eigenvalue weighted by Crippen LogP contribution is -2.39. The highest BCUT2D eigenvalue weighted by atomic mass is 79.9. The molecule has 2 rings (SSSR count). The van der Waals surface area contributed by atoms with Crippen molar-refractivity contribution in [1.29, 1.82) is 0 Å².